The second kappa shape index (κ2) is 10.1. The SMILES string of the molecule is CCN(c1cc(Cl)cc(C(=O)NCc2c(C)n(C)[nH]c2=O)c1C)[C@H]1CC[C@H](N(C)C)CC1. The average molecular weight is 462 g/mol. The molecule has 0 aliphatic heterocycles. The third-order valence-electron chi connectivity index (χ3n) is 6.99. The number of hydrogen-bond donors (Lipinski definition) is 2. The topological polar surface area (TPSA) is 73.4 Å². The summed E-state index contributed by atoms with van der Waals surface area (Å²) in [5.41, 5.74) is 3.68. The van der Waals surface area contributed by atoms with Crippen LogP contribution in [0.2, 0.25) is 5.02 Å². The Morgan fingerprint density at radius 1 is 1.19 bits per heavy atom. The fraction of sp³-hybridized carbons (Fsp3) is 0.583. The zero-order valence-corrected chi connectivity index (χ0v) is 20.8. The van der Waals surface area contributed by atoms with Crippen molar-refractivity contribution in [2.24, 2.45) is 7.05 Å². The minimum absolute atomic E-state index is 0.175. The molecular weight excluding hydrogens is 426 g/mol. The zero-order chi connectivity index (χ0) is 23.6. The van der Waals surface area contributed by atoms with Gasteiger partial charge >= 0.3 is 0 Å². The van der Waals surface area contributed by atoms with E-state index in [0.29, 0.717) is 28.2 Å². The van der Waals surface area contributed by atoms with Crippen LogP contribution in [-0.4, -0.2) is 53.3 Å². The first kappa shape index (κ1) is 24.4. The number of carbonyl (C=O) groups is 1. The van der Waals surface area contributed by atoms with Crippen molar-refractivity contribution in [2.75, 3.05) is 25.5 Å². The highest BCUT2D eigenvalue weighted by atomic mass is 35.5. The third kappa shape index (κ3) is 5.04. The highest BCUT2D eigenvalue weighted by Gasteiger charge is 2.28. The lowest BCUT2D eigenvalue weighted by molar-refractivity contribution is 0.0950. The number of rotatable bonds is 7. The van der Waals surface area contributed by atoms with E-state index in [1.807, 2.05) is 19.9 Å². The van der Waals surface area contributed by atoms with E-state index in [9.17, 15) is 9.59 Å². The van der Waals surface area contributed by atoms with Crippen molar-refractivity contribution in [3.05, 3.63) is 49.9 Å². The van der Waals surface area contributed by atoms with Gasteiger partial charge in [-0.05, 0) is 78.2 Å². The normalized spacial score (nSPS) is 18.8. The number of nitrogens with one attached hydrogen (secondary N) is 2. The van der Waals surface area contributed by atoms with Gasteiger partial charge in [0.15, 0.2) is 0 Å². The number of nitrogens with zero attached hydrogens (tertiary/aromatic N) is 3. The average Bonchev–Trinajstić information content (AvgIpc) is 3.00. The second-order valence-corrected chi connectivity index (χ2v) is 9.49. The molecule has 2 aromatic rings. The third-order valence-corrected chi connectivity index (χ3v) is 7.20. The van der Waals surface area contributed by atoms with Crippen molar-refractivity contribution in [3.63, 3.8) is 0 Å². The number of carbonyl (C=O) groups excluding carboxylic acids is 1. The van der Waals surface area contributed by atoms with Crippen LogP contribution in [-0.2, 0) is 13.6 Å². The van der Waals surface area contributed by atoms with Crippen LogP contribution in [0, 0.1) is 13.8 Å². The molecule has 1 heterocycles. The molecule has 0 radical (unpaired) electrons. The molecule has 7 nitrogen and oxygen atoms in total. The first-order valence-corrected chi connectivity index (χ1v) is 11.8. The number of aryl methyl sites for hydroxylation is 1. The van der Waals surface area contributed by atoms with Crippen molar-refractivity contribution in [1.29, 1.82) is 0 Å². The number of aromatic amines is 1. The summed E-state index contributed by atoms with van der Waals surface area (Å²) in [4.78, 5) is 29.9. The molecule has 32 heavy (non-hydrogen) atoms. The summed E-state index contributed by atoms with van der Waals surface area (Å²) in [7, 11) is 6.08. The monoisotopic (exact) mass is 461 g/mol. The molecule has 0 spiro atoms. The van der Waals surface area contributed by atoms with Crippen molar-refractivity contribution >= 4 is 23.2 Å². The highest BCUT2D eigenvalue weighted by molar-refractivity contribution is 6.31. The quantitative estimate of drug-likeness (QED) is 0.660. The number of halogens is 1. The zero-order valence-electron chi connectivity index (χ0n) is 20.1. The van der Waals surface area contributed by atoms with Crippen molar-refractivity contribution in [3.8, 4) is 0 Å². The van der Waals surface area contributed by atoms with Gasteiger partial charge in [-0.25, -0.2) is 0 Å². The lowest BCUT2D eigenvalue weighted by atomic mass is 9.89. The predicted octanol–water partition coefficient (Wildman–Crippen LogP) is 3.61. The van der Waals surface area contributed by atoms with E-state index in [-0.39, 0.29) is 18.0 Å². The molecule has 3 rings (SSSR count). The molecule has 1 aromatic carbocycles. The molecule has 0 saturated heterocycles. The molecule has 2 N–H and O–H groups in total. The first-order chi connectivity index (χ1) is 15.1. The number of benzene rings is 1. The van der Waals surface area contributed by atoms with Crippen LogP contribution in [0.5, 0.6) is 0 Å². The lowest BCUT2D eigenvalue weighted by Gasteiger charge is -2.40. The maximum Gasteiger partial charge on any atom is 0.269 e. The Balaban J connectivity index is 1.81. The highest BCUT2D eigenvalue weighted by Crippen LogP contribution is 2.34. The molecule has 1 aliphatic carbocycles. The molecule has 1 amide bonds. The van der Waals surface area contributed by atoms with E-state index in [1.54, 1.807) is 17.8 Å². The van der Waals surface area contributed by atoms with Gasteiger partial charge in [0.1, 0.15) is 0 Å². The molecule has 1 saturated carbocycles. The van der Waals surface area contributed by atoms with E-state index in [0.717, 1.165) is 36.3 Å². The minimum Gasteiger partial charge on any atom is -0.369 e. The first-order valence-electron chi connectivity index (χ1n) is 11.4. The van der Waals surface area contributed by atoms with Crippen molar-refractivity contribution in [2.45, 2.75) is 65.1 Å². The summed E-state index contributed by atoms with van der Waals surface area (Å²) in [6.45, 7) is 7.02. The molecule has 1 aliphatic rings. The van der Waals surface area contributed by atoms with Gasteiger partial charge in [-0.3, -0.25) is 19.4 Å². The Kier molecular flexibility index (Phi) is 7.72. The van der Waals surface area contributed by atoms with Gasteiger partial charge in [0.25, 0.3) is 11.5 Å². The Labute approximate surface area is 195 Å². The van der Waals surface area contributed by atoms with Crippen LogP contribution >= 0.6 is 11.6 Å². The van der Waals surface area contributed by atoms with Crippen LogP contribution in [0.1, 0.15) is 59.8 Å². The smallest absolute Gasteiger partial charge is 0.269 e. The molecule has 1 fully saturated rings. The molecule has 176 valence electrons. The van der Waals surface area contributed by atoms with E-state index in [1.165, 1.54) is 12.8 Å². The summed E-state index contributed by atoms with van der Waals surface area (Å²) in [6, 6.07) is 4.77. The Hall–Kier alpha value is -2.25. The largest absolute Gasteiger partial charge is 0.369 e. The molecule has 0 atom stereocenters. The molecule has 0 unspecified atom stereocenters. The molecular formula is C24H36ClN5O2. The maximum atomic E-state index is 13.1. The summed E-state index contributed by atoms with van der Waals surface area (Å²) >= 11 is 6.47. The number of aromatic nitrogens is 2. The molecule has 0 bridgehead atoms. The Bertz CT molecular complexity index is 1020. The summed E-state index contributed by atoms with van der Waals surface area (Å²) in [6.07, 6.45) is 4.60. The van der Waals surface area contributed by atoms with E-state index in [2.05, 4.69) is 41.2 Å². The van der Waals surface area contributed by atoms with Crippen molar-refractivity contribution in [1.82, 2.24) is 20.0 Å². The number of H-pyrrole nitrogens is 1. The van der Waals surface area contributed by atoms with E-state index >= 15 is 0 Å². The summed E-state index contributed by atoms with van der Waals surface area (Å²) in [5, 5.41) is 6.17. The molecule has 8 heteroatoms. The fourth-order valence-electron chi connectivity index (χ4n) is 4.85. The van der Waals surface area contributed by atoms with Crippen LogP contribution in [0.4, 0.5) is 5.69 Å². The second-order valence-electron chi connectivity index (χ2n) is 9.06. The van der Waals surface area contributed by atoms with Gasteiger partial charge in [-0.15, -0.1) is 0 Å². The fourth-order valence-corrected chi connectivity index (χ4v) is 5.07. The van der Waals surface area contributed by atoms with Gasteiger partial charge in [-0.1, -0.05) is 11.6 Å². The van der Waals surface area contributed by atoms with Crippen molar-refractivity contribution < 1.29 is 4.79 Å². The number of hydrogen-bond acceptors (Lipinski definition) is 4. The lowest BCUT2D eigenvalue weighted by Crippen LogP contribution is -2.42. The van der Waals surface area contributed by atoms with Gasteiger partial charge in [0.2, 0.25) is 0 Å². The summed E-state index contributed by atoms with van der Waals surface area (Å²) in [5.74, 6) is -0.221. The van der Waals surface area contributed by atoms with Gasteiger partial charge in [-0.2, -0.15) is 0 Å². The minimum atomic E-state index is -0.221. The maximum absolute atomic E-state index is 13.1. The standard InChI is InChI=1S/C24H36ClN5O2/c1-7-30(19-10-8-18(9-11-19)28(4)5)22-13-17(25)12-20(15(22)2)23(31)26-14-21-16(3)29(6)27-24(21)32/h12-13,18-19H,7-11,14H2,1-6H3,(H,26,31)(H,27,32)/t18-,19-. The van der Waals surface area contributed by atoms with Gasteiger partial charge < -0.3 is 15.1 Å². The Morgan fingerprint density at radius 2 is 1.81 bits per heavy atom. The van der Waals surface area contributed by atoms with Crippen LogP contribution < -0.4 is 15.8 Å². The number of amides is 1. The number of anilines is 1. The van der Waals surface area contributed by atoms with E-state index in [4.69, 9.17) is 11.6 Å². The van der Waals surface area contributed by atoms with Crippen LogP contribution in [0.25, 0.3) is 0 Å². The van der Waals surface area contributed by atoms with Crippen LogP contribution in [0.3, 0.4) is 0 Å². The Morgan fingerprint density at radius 3 is 2.34 bits per heavy atom. The van der Waals surface area contributed by atoms with Crippen LogP contribution in [0.15, 0.2) is 16.9 Å². The van der Waals surface area contributed by atoms with Gasteiger partial charge in [0, 0.05) is 47.6 Å². The molecule has 1 aromatic heterocycles. The van der Waals surface area contributed by atoms with Gasteiger partial charge in [0.05, 0.1) is 12.1 Å². The summed E-state index contributed by atoms with van der Waals surface area (Å²) < 4.78 is 1.66. The predicted molar refractivity (Wildman–Crippen MR) is 131 cm³/mol. The van der Waals surface area contributed by atoms with E-state index < -0.39 is 0 Å².